The number of rotatable bonds is 9. The van der Waals surface area contributed by atoms with Crippen molar-refractivity contribution in [3.63, 3.8) is 0 Å². The predicted molar refractivity (Wildman–Crippen MR) is 134 cm³/mol. The van der Waals surface area contributed by atoms with Crippen LogP contribution in [0.25, 0.3) is 21.9 Å². The van der Waals surface area contributed by atoms with Crippen molar-refractivity contribution in [2.24, 2.45) is 0 Å². The molecule has 0 aliphatic carbocycles. The third-order valence-electron chi connectivity index (χ3n) is 6.02. The van der Waals surface area contributed by atoms with Crippen LogP contribution < -0.4 is 10.1 Å². The summed E-state index contributed by atoms with van der Waals surface area (Å²) in [5.41, 5.74) is 5.61. The van der Waals surface area contributed by atoms with Crippen molar-refractivity contribution < 1.29 is 14.6 Å². The second kappa shape index (κ2) is 10.3. The summed E-state index contributed by atoms with van der Waals surface area (Å²) in [5.74, 6) is -0.00611. The molecular weight excluding hydrogens is 410 g/mol. The Labute approximate surface area is 194 Å². The number of hydrogen-bond donors (Lipinski definition) is 2. The molecule has 4 aromatic carbocycles. The number of ether oxygens (including phenoxy) is 1. The van der Waals surface area contributed by atoms with Crippen LogP contribution >= 0.6 is 0 Å². The Hall–Kier alpha value is -3.63. The fourth-order valence-electron chi connectivity index (χ4n) is 4.19. The van der Waals surface area contributed by atoms with Crippen LogP contribution in [-0.2, 0) is 12.8 Å². The fourth-order valence-corrected chi connectivity index (χ4v) is 4.19. The minimum absolute atomic E-state index is 0.348. The maximum absolute atomic E-state index is 11.7. The zero-order chi connectivity index (χ0) is 23.2. The van der Waals surface area contributed by atoms with E-state index in [1.807, 2.05) is 43.3 Å². The largest absolute Gasteiger partial charge is 0.497 e. The van der Waals surface area contributed by atoms with Gasteiger partial charge in [0.1, 0.15) is 5.75 Å². The monoisotopic (exact) mass is 439 g/mol. The van der Waals surface area contributed by atoms with Crippen molar-refractivity contribution in [3.8, 4) is 16.9 Å². The minimum Gasteiger partial charge on any atom is -0.497 e. The summed E-state index contributed by atoms with van der Waals surface area (Å²) in [5, 5.41) is 15.4. The topological polar surface area (TPSA) is 58.6 Å². The minimum atomic E-state index is -0.893. The van der Waals surface area contributed by atoms with Crippen LogP contribution in [0.4, 0.5) is 0 Å². The summed E-state index contributed by atoms with van der Waals surface area (Å²) in [6.07, 6.45) is 1.84. The molecule has 0 unspecified atom stereocenters. The van der Waals surface area contributed by atoms with E-state index in [1.54, 1.807) is 13.2 Å². The van der Waals surface area contributed by atoms with E-state index in [1.165, 1.54) is 16.5 Å². The molecule has 4 heteroatoms. The van der Waals surface area contributed by atoms with E-state index in [4.69, 9.17) is 4.74 Å². The molecule has 0 saturated carbocycles. The van der Waals surface area contributed by atoms with Gasteiger partial charge in [0, 0.05) is 0 Å². The van der Waals surface area contributed by atoms with Crippen molar-refractivity contribution in [1.29, 1.82) is 0 Å². The van der Waals surface area contributed by atoms with E-state index in [9.17, 15) is 9.90 Å². The number of carboxylic acids is 1. The molecule has 2 N–H and O–H groups in total. The van der Waals surface area contributed by atoms with Crippen LogP contribution in [0.15, 0.2) is 78.9 Å². The Morgan fingerprint density at radius 3 is 2.45 bits per heavy atom. The zero-order valence-electron chi connectivity index (χ0n) is 19.1. The fraction of sp³-hybridized carbons (Fsp3) is 0.207. The summed E-state index contributed by atoms with van der Waals surface area (Å²) < 4.78 is 5.30. The molecule has 0 bridgehead atoms. The Morgan fingerprint density at radius 2 is 1.67 bits per heavy atom. The quantitative estimate of drug-likeness (QED) is 0.319. The van der Waals surface area contributed by atoms with Crippen molar-refractivity contribution >= 4 is 16.7 Å². The van der Waals surface area contributed by atoms with E-state index >= 15 is 0 Å². The first kappa shape index (κ1) is 22.6. The van der Waals surface area contributed by atoms with Crippen molar-refractivity contribution in [2.75, 3.05) is 20.2 Å². The molecule has 0 saturated heterocycles. The van der Waals surface area contributed by atoms with Gasteiger partial charge in [0.15, 0.2) is 0 Å². The second-order valence-electron chi connectivity index (χ2n) is 8.30. The number of methoxy groups -OCH3 is 1. The van der Waals surface area contributed by atoms with Gasteiger partial charge in [0.2, 0.25) is 0 Å². The molecule has 0 atom stereocenters. The van der Waals surface area contributed by atoms with Gasteiger partial charge in [-0.05, 0) is 89.6 Å². The third kappa shape index (κ3) is 5.41. The summed E-state index contributed by atoms with van der Waals surface area (Å²) >= 11 is 0. The number of fused-ring (bicyclic) bond motifs is 1. The van der Waals surface area contributed by atoms with Gasteiger partial charge in [-0.25, -0.2) is 4.79 Å². The van der Waals surface area contributed by atoms with Gasteiger partial charge in [0.05, 0.1) is 12.7 Å². The molecule has 4 aromatic rings. The lowest BCUT2D eigenvalue weighted by atomic mass is 9.92. The van der Waals surface area contributed by atoms with Crippen molar-refractivity contribution in [2.45, 2.75) is 19.8 Å². The number of benzene rings is 4. The Bertz CT molecular complexity index is 1280. The Morgan fingerprint density at radius 1 is 0.879 bits per heavy atom. The van der Waals surface area contributed by atoms with Gasteiger partial charge in [0.25, 0.3) is 0 Å². The van der Waals surface area contributed by atoms with Crippen LogP contribution in [0.3, 0.4) is 0 Å². The van der Waals surface area contributed by atoms with E-state index in [0.29, 0.717) is 5.56 Å². The van der Waals surface area contributed by atoms with Gasteiger partial charge < -0.3 is 15.2 Å². The summed E-state index contributed by atoms with van der Waals surface area (Å²) in [4.78, 5) is 11.7. The summed E-state index contributed by atoms with van der Waals surface area (Å²) in [6.45, 7) is 3.60. The lowest BCUT2D eigenvalue weighted by Crippen LogP contribution is -2.20. The molecule has 33 heavy (non-hydrogen) atoms. The zero-order valence-corrected chi connectivity index (χ0v) is 19.1. The average molecular weight is 440 g/mol. The number of hydrogen-bond acceptors (Lipinski definition) is 3. The van der Waals surface area contributed by atoms with E-state index in [0.717, 1.165) is 53.8 Å². The standard InChI is InChI=1S/C29H29NO3/c1-20-10-11-24(19-27(20)29(31)32)28-18-22(16-23-7-3-4-9-26(23)28)13-15-30-14-12-21-6-5-8-25(17-21)33-2/h3-11,16-19,30H,12-15H2,1-2H3,(H,31,32). The van der Waals surface area contributed by atoms with E-state index < -0.39 is 5.97 Å². The molecule has 0 aliphatic rings. The number of aromatic carboxylic acids is 1. The summed E-state index contributed by atoms with van der Waals surface area (Å²) in [6, 6.07) is 26.6. The Balaban J connectivity index is 1.50. The lowest BCUT2D eigenvalue weighted by Gasteiger charge is -2.13. The molecule has 0 fully saturated rings. The second-order valence-corrected chi connectivity index (χ2v) is 8.30. The molecule has 0 heterocycles. The van der Waals surface area contributed by atoms with Crippen LogP contribution in [0.1, 0.15) is 27.0 Å². The third-order valence-corrected chi connectivity index (χ3v) is 6.02. The molecule has 0 aromatic heterocycles. The highest BCUT2D eigenvalue weighted by molar-refractivity contribution is 5.99. The Kier molecular flexibility index (Phi) is 7.06. The highest BCUT2D eigenvalue weighted by Gasteiger charge is 2.12. The molecular formula is C29H29NO3. The van der Waals surface area contributed by atoms with Gasteiger partial charge >= 0.3 is 5.97 Å². The number of nitrogens with one attached hydrogen (secondary N) is 1. The first-order chi connectivity index (χ1) is 16.0. The lowest BCUT2D eigenvalue weighted by molar-refractivity contribution is 0.0696. The summed E-state index contributed by atoms with van der Waals surface area (Å²) in [7, 11) is 1.69. The van der Waals surface area contributed by atoms with E-state index in [2.05, 4.69) is 41.7 Å². The van der Waals surface area contributed by atoms with Crippen LogP contribution in [0, 0.1) is 6.92 Å². The average Bonchev–Trinajstić information content (AvgIpc) is 2.83. The van der Waals surface area contributed by atoms with Crippen molar-refractivity contribution in [3.05, 3.63) is 101 Å². The maximum Gasteiger partial charge on any atom is 0.335 e. The molecule has 0 spiro atoms. The van der Waals surface area contributed by atoms with Crippen LogP contribution in [0.5, 0.6) is 5.75 Å². The van der Waals surface area contributed by atoms with E-state index in [-0.39, 0.29) is 0 Å². The number of aryl methyl sites for hydroxylation is 1. The van der Waals surface area contributed by atoms with Gasteiger partial charge in [-0.15, -0.1) is 0 Å². The van der Waals surface area contributed by atoms with Crippen LogP contribution in [0.2, 0.25) is 0 Å². The first-order valence-electron chi connectivity index (χ1n) is 11.2. The molecule has 4 nitrogen and oxygen atoms in total. The molecule has 168 valence electrons. The first-order valence-corrected chi connectivity index (χ1v) is 11.2. The predicted octanol–water partition coefficient (Wildman–Crippen LogP) is 5.90. The number of carbonyl (C=O) groups is 1. The number of carboxylic acid groups (broad SMARTS) is 1. The smallest absolute Gasteiger partial charge is 0.335 e. The molecule has 0 amide bonds. The molecule has 0 radical (unpaired) electrons. The van der Waals surface area contributed by atoms with Gasteiger partial charge in [-0.3, -0.25) is 0 Å². The maximum atomic E-state index is 11.7. The highest BCUT2D eigenvalue weighted by atomic mass is 16.5. The highest BCUT2D eigenvalue weighted by Crippen LogP contribution is 2.31. The molecule has 4 rings (SSSR count). The van der Waals surface area contributed by atoms with Crippen LogP contribution in [-0.4, -0.2) is 31.3 Å². The SMILES string of the molecule is COc1cccc(CCNCCc2cc(-c3ccc(C)c(C(=O)O)c3)c3ccccc3c2)c1. The normalized spacial score (nSPS) is 11.0. The van der Waals surface area contributed by atoms with Crippen molar-refractivity contribution in [1.82, 2.24) is 5.32 Å². The molecule has 0 aliphatic heterocycles. The van der Waals surface area contributed by atoms with Gasteiger partial charge in [-0.1, -0.05) is 60.7 Å². The van der Waals surface area contributed by atoms with Gasteiger partial charge in [-0.2, -0.15) is 0 Å².